The van der Waals surface area contributed by atoms with Crippen LogP contribution in [0.5, 0.6) is 5.75 Å². The summed E-state index contributed by atoms with van der Waals surface area (Å²) in [5, 5.41) is 0. The van der Waals surface area contributed by atoms with Gasteiger partial charge in [-0.3, -0.25) is 9.52 Å². The molecule has 0 bridgehead atoms. The van der Waals surface area contributed by atoms with Crippen LogP contribution in [-0.4, -0.2) is 45.1 Å². The standard InChI is InChI=1S/C23H23FN2O4S/c1-26-11-20(17-6-5-15(24)9-18(17)21(27)12-26)19-10-16(25-31(2,28)29)7-14-8-22(13-3-4-13)30-23(14)19/h5-7,9-11,13,22,25H,3-4,8,12H2,1-2H3. The van der Waals surface area contributed by atoms with Gasteiger partial charge in [0.15, 0.2) is 5.78 Å². The number of anilines is 1. The fraction of sp³-hybridized carbons (Fsp3) is 0.348. The van der Waals surface area contributed by atoms with Crippen LogP contribution in [0.4, 0.5) is 10.1 Å². The van der Waals surface area contributed by atoms with Gasteiger partial charge in [0.2, 0.25) is 10.0 Å². The van der Waals surface area contributed by atoms with E-state index in [-0.39, 0.29) is 18.4 Å². The molecule has 162 valence electrons. The van der Waals surface area contributed by atoms with E-state index in [1.807, 2.05) is 12.3 Å². The molecule has 2 aliphatic heterocycles. The van der Waals surface area contributed by atoms with Gasteiger partial charge in [0.1, 0.15) is 17.7 Å². The van der Waals surface area contributed by atoms with Gasteiger partial charge in [-0.2, -0.15) is 0 Å². The van der Waals surface area contributed by atoms with Crippen molar-refractivity contribution in [3.05, 3.63) is 64.6 Å². The van der Waals surface area contributed by atoms with E-state index in [1.54, 1.807) is 24.1 Å². The Labute approximate surface area is 180 Å². The summed E-state index contributed by atoms with van der Waals surface area (Å²) in [5.41, 5.74) is 3.69. The normalized spacial score (nSPS) is 20.5. The molecule has 0 amide bonds. The Balaban J connectivity index is 1.70. The molecule has 2 heterocycles. The van der Waals surface area contributed by atoms with Crippen molar-refractivity contribution in [3.63, 3.8) is 0 Å². The quantitative estimate of drug-likeness (QED) is 0.785. The average Bonchev–Trinajstić information content (AvgIpc) is 3.45. The van der Waals surface area contributed by atoms with Crippen LogP contribution in [0.3, 0.4) is 0 Å². The lowest BCUT2D eigenvalue weighted by atomic mass is 9.91. The third-order valence-electron chi connectivity index (χ3n) is 5.91. The molecule has 0 radical (unpaired) electrons. The minimum absolute atomic E-state index is 0.0701. The van der Waals surface area contributed by atoms with Crippen molar-refractivity contribution < 1.29 is 22.3 Å². The largest absolute Gasteiger partial charge is 0.489 e. The number of carbonyl (C=O) groups is 1. The van der Waals surface area contributed by atoms with Crippen LogP contribution in [0.2, 0.25) is 0 Å². The molecule has 6 nitrogen and oxygen atoms in total. The van der Waals surface area contributed by atoms with E-state index in [0.29, 0.717) is 46.0 Å². The topological polar surface area (TPSA) is 75.7 Å². The lowest BCUT2D eigenvalue weighted by molar-refractivity contribution is 0.0965. The molecule has 0 spiro atoms. The maximum absolute atomic E-state index is 14.0. The number of nitrogens with zero attached hydrogens (tertiary/aromatic N) is 1. The van der Waals surface area contributed by atoms with E-state index in [0.717, 1.165) is 24.7 Å². The number of ketones is 1. The summed E-state index contributed by atoms with van der Waals surface area (Å²) < 4.78 is 46.7. The molecule has 31 heavy (non-hydrogen) atoms. The zero-order valence-corrected chi connectivity index (χ0v) is 18.1. The molecule has 1 N–H and O–H groups in total. The van der Waals surface area contributed by atoms with Crippen molar-refractivity contribution in [2.24, 2.45) is 5.92 Å². The number of nitrogens with one attached hydrogen (secondary N) is 1. The van der Waals surface area contributed by atoms with Crippen molar-refractivity contribution in [1.82, 2.24) is 4.90 Å². The van der Waals surface area contributed by atoms with Crippen molar-refractivity contribution in [1.29, 1.82) is 0 Å². The van der Waals surface area contributed by atoms with E-state index >= 15 is 0 Å². The van der Waals surface area contributed by atoms with Gasteiger partial charge in [-0.1, -0.05) is 6.07 Å². The van der Waals surface area contributed by atoms with Gasteiger partial charge in [-0.25, -0.2) is 12.8 Å². The number of halogens is 1. The van der Waals surface area contributed by atoms with Crippen molar-refractivity contribution >= 4 is 27.1 Å². The molecule has 0 saturated heterocycles. The summed E-state index contributed by atoms with van der Waals surface area (Å²) in [7, 11) is -1.69. The summed E-state index contributed by atoms with van der Waals surface area (Å²) in [6, 6.07) is 7.75. The zero-order valence-electron chi connectivity index (χ0n) is 17.3. The second kappa shape index (κ2) is 7.09. The summed E-state index contributed by atoms with van der Waals surface area (Å²) in [5.74, 6) is 0.571. The van der Waals surface area contributed by atoms with Gasteiger partial charge in [0, 0.05) is 47.6 Å². The molecule has 0 aromatic heterocycles. The third-order valence-corrected chi connectivity index (χ3v) is 6.52. The molecule has 3 aliphatic rings. The Kier molecular flexibility index (Phi) is 4.58. The molecular formula is C23H23FN2O4S. The van der Waals surface area contributed by atoms with Crippen LogP contribution in [0.1, 0.15) is 39.9 Å². The van der Waals surface area contributed by atoms with Crippen molar-refractivity contribution in [2.75, 3.05) is 24.6 Å². The number of hydrogen-bond donors (Lipinski definition) is 1. The highest BCUT2D eigenvalue weighted by Crippen LogP contribution is 2.47. The van der Waals surface area contributed by atoms with E-state index < -0.39 is 15.8 Å². The maximum atomic E-state index is 14.0. The second-order valence-electron chi connectivity index (χ2n) is 8.66. The first kappa shape index (κ1) is 20.1. The van der Waals surface area contributed by atoms with E-state index in [2.05, 4.69) is 4.72 Å². The fourth-order valence-electron chi connectivity index (χ4n) is 4.44. The summed E-state index contributed by atoms with van der Waals surface area (Å²) >= 11 is 0. The number of ether oxygens (including phenoxy) is 1. The van der Waals surface area contributed by atoms with Gasteiger partial charge < -0.3 is 9.64 Å². The number of hydrogen-bond acceptors (Lipinski definition) is 5. The Morgan fingerprint density at radius 2 is 1.90 bits per heavy atom. The number of Topliss-reactive ketones (excluding diaryl/α,β-unsaturated/α-hetero) is 1. The molecule has 1 atom stereocenters. The smallest absolute Gasteiger partial charge is 0.229 e. The summed E-state index contributed by atoms with van der Waals surface area (Å²) in [6.45, 7) is 0.120. The molecule has 8 heteroatoms. The van der Waals surface area contributed by atoms with E-state index in [1.165, 1.54) is 12.1 Å². The predicted molar refractivity (Wildman–Crippen MR) is 116 cm³/mol. The molecule has 1 saturated carbocycles. The van der Waals surface area contributed by atoms with Gasteiger partial charge in [0.05, 0.1) is 12.8 Å². The van der Waals surface area contributed by atoms with E-state index in [4.69, 9.17) is 4.74 Å². The highest BCUT2D eigenvalue weighted by atomic mass is 32.2. The first-order valence-corrected chi connectivity index (χ1v) is 12.1. The van der Waals surface area contributed by atoms with Gasteiger partial charge in [-0.05, 0) is 48.6 Å². The van der Waals surface area contributed by atoms with Crippen LogP contribution in [0.25, 0.3) is 5.57 Å². The Morgan fingerprint density at radius 1 is 1.13 bits per heavy atom. The van der Waals surface area contributed by atoms with Gasteiger partial charge in [-0.15, -0.1) is 0 Å². The van der Waals surface area contributed by atoms with Gasteiger partial charge in [0.25, 0.3) is 0 Å². The minimum Gasteiger partial charge on any atom is -0.489 e. The second-order valence-corrected chi connectivity index (χ2v) is 10.4. The summed E-state index contributed by atoms with van der Waals surface area (Å²) in [4.78, 5) is 14.5. The molecule has 2 aromatic carbocycles. The SMILES string of the molecule is CN1C=C(c2cc(NS(C)(=O)=O)cc3c2OC(C2CC2)C3)c2ccc(F)cc2C(=O)C1. The zero-order chi connectivity index (χ0) is 21.9. The van der Waals surface area contributed by atoms with Crippen LogP contribution < -0.4 is 9.46 Å². The Morgan fingerprint density at radius 3 is 2.61 bits per heavy atom. The molecule has 2 aromatic rings. The molecule has 5 rings (SSSR count). The number of carbonyl (C=O) groups excluding carboxylic acids is 1. The predicted octanol–water partition coefficient (Wildman–Crippen LogP) is 3.43. The van der Waals surface area contributed by atoms with E-state index in [9.17, 15) is 17.6 Å². The lowest BCUT2D eigenvalue weighted by Crippen LogP contribution is -2.19. The number of benzene rings is 2. The fourth-order valence-corrected chi connectivity index (χ4v) is 4.98. The first-order valence-electron chi connectivity index (χ1n) is 10.2. The molecular weight excluding hydrogens is 419 g/mol. The van der Waals surface area contributed by atoms with Crippen molar-refractivity contribution in [2.45, 2.75) is 25.4 Å². The van der Waals surface area contributed by atoms with Crippen molar-refractivity contribution in [3.8, 4) is 5.75 Å². The maximum Gasteiger partial charge on any atom is 0.229 e. The monoisotopic (exact) mass is 442 g/mol. The Bertz CT molecular complexity index is 1230. The minimum atomic E-state index is -3.48. The Hall–Kier alpha value is -2.87. The van der Waals surface area contributed by atoms with Gasteiger partial charge >= 0.3 is 0 Å². The van der Waals surface area contributed by atoms with Crippen LogP contribution in [0.15, 0.2) is 36.5 Å². The number of likely N-dealkylation sites (N-methyl/N-ethyl adjacent to an activating group) is 1. The highest BCUT2D eigenvalue weighted by molar-refractivity contribution is 7.92. The third kappa shape index (κ3) is 3.92. The molecule has 1 unspecified atom stereocenters. The number of rotatable bonds is 4. The highest BCUT2D eigenvalue weighted by Gasteiger charge is 2.39. The molecule has 1 fully saturated rings. The number of fused-ring (bicyclic) bond motifs is 2. The van der Waals surface area contributed by atoms with Crippen LogP contribution in [0, 0.1) is 11.7 Å². The number of sulfonamides is 1. The lowest BCUT2D eigenvalue weighted by Gasteiger charge is -2.18. The van der Waals surface area contributed by atoms with Crippen LogP contribution >= 0.6 is 0 Å². The first-order chi connectivity index (χ1) is 14.7. The summed E-state index contributed by atoms with van der Waals surface area (Å²) in [6.07, 6.45) is 5.99. The average molecular weight is 443 g/mol. The molecule has 1 aliphatic carbocycles. The van der Waals surface area contributed by atoms with Crippen LogP contribution in [-0.2, 0) is 16.4 Å².